The van der Waals surface area contributed by atoms with E-state index >= 15 is 0 Å². The van der Waals surface area contributed by atoms with E-state index in [0.717, 1.165) is 37.1 Å². The average molecular weight is 400 g/mol. The number of carbonyl (C=O) groups is 1. The number of carbonyl (C=O) groups excluding carboxylic acids is 1. The summed E-state index contributed by atoms with van der Waals surface area (Å²) in [5.41, 5.74) is 2.35. The molecule has 0 bridgehead atoms. The van der Waals surface area contributed by atoms with Gasteiger partial charge in [0.15, 0.2) is 5.65 Å². The number of nitrogens with one attached hydrogen (secondary N) is 1. The van der Waals surface area contributed by atoms with E-state index in [-0.39, 0.29) is 6.03 Å². The molecular weight excluding hydrogens is 378 g/mol. The average Bonchev–Trinajstić information content (AvgIpc) is 3.11. The first-order valence-corrected chi connectivity index (χ1v) is 9.67. The van der Waals surface area contributed by atoms with E-state index in [9.17, 15) is 4.79 Å². The highest BCUT2D eigenvalue weighted by Crippen LogP contribution is 2.28. The summed E-state index contributed by atoms with van der Waals surface area (Å²) in [6.45, 7) is 2.20. The van der Waals surface area contributed by atoms with Crippen molar-refractivity contribution in [3.8, 4) is 5.75 Å². The molecule has 1 aliphatic rings. The van der Waals surface area contributed by atoms with Gasteiger partial charge in [-0.15, -0.1) is 0 Å². The lowest BCUT2D eigenvalue weighted by molar-refractivity contribution is 0.171. The minimum Gasteiger partial charge on any atom is -0.495 e. The van der Waals surface area contributed by atoms with Crippen molar-refractivity contribution in [3.05, 3.63) is 47.9 Å². The third-order valence-corrected chi connectivity index (χ3v) is 5.27. The monoisotopic (exact) mass is 399 g/mol. The van der Waals surface area contributed by atoms with Gasteiger partial charge in [-0.25, -0.2) is 14.8 Å². The van der Waals surface area contributed by atoms with Crippen LogP contribution in [0, 0.1) is 5.92 Å². The predicted molar refractivity (Wildman–Crippen MR) is 109 cm³/mol. The van der Waals surface area contributed by atoms with Crippen molar-refractivity contribution in [2.75, 3.05) is 25.5 Å². The van der Waals surface area contributed by atoms with Crippen LogP contribution in [0.1, 0.15) is 12.8 Å². The number of piperidine rings is 1. The first-order chi connectivity index (χ1) is 13.6. The Morgan fingerprint density at radius 1 is 1.36 bits per heavy atom. The van der Waals surface area contributed by atoms with Crippen LogP contribution in [0.2, 0.25) is 5.02 Å². The fraction of sp³-hybridized carbons (Fsp3) is 0.350. The summed E-state index contributed by atoms with van der Waals surface area (Å²) < 4.78 is 7.38. The first kappa shape index (κ1) is 18.6. The van der Waals surface area contributed by atoms with Gasteiger partial charge < -0.3 is 19.5 Å². The molecule has 8 heteroatoms. The summed E-state index contributed by atoms with van der Waals surface area (Å²) >= 11 is 6.06. The van der Waals surface area contributed by atoms with E-state index in [1.54, 1.807) is 31.5 Å². The number of benzene rings is 1. The van der Waals surface area contributed by atoms with Crippen LogP contribution in [0.4, 0.5) is 10.5 Å². The van der Waals surface area contributed by atoms with E-state index in [2.05, 4.69) is 19.9 Å². The van der Waals surface area contributed by atoms with Crippen molar-refractivity contribution in [1.82, 2.24) is 19.4 Å². The summed E-state index contributed by atoms with van der Waals surface area (Å²) in [6, 6.07) is 8.88. The van der Waals surface area contributed by atoms with Crippen molar-refractivity contribution in [1.29, 1.82) is 0 Å². The summed E-state index contributed by atoms with van der Waals surface area (Å²) in [6.07, 6.45) is 5.63. The van der Waals surface area contributed by atoms with Crippen molar-refractivity contribution in [3.63, 3.8) is 0 Å². The van der Waals surface area contributed by atoms with E-state index in [1.165, 1.54) is 0 Å². The normalized spacial score (nSPS) is 16.9. The number of aromatic nitrogens is 3. The van der Waals surface area contributed by atoms with Crippen LogP contribution in [0.25, 0.3) is 11.2 Å². The molecular formula is C20H22ClN5O2. The predicted octanol–water partition coefficient (Wildman–Crippen LogP) is 4.04. The Bertz CT molecular complexity index is 990. The number of amides is 2. The van der Waals surface area contributed by atoms with Crippen molar-refractivity contribution in [2.24, 2.45) is 5.92 Å². The SMILES string of the molecule is COc1ccc(Cl)cc1NC(=O)N1CCC[C@H](Cn2cnc3cccnc32)C1. The van der Waals surface area contributed by atoms with E-state index in [4.69, 9.17) is 16.3 Å². The Kier molecular flexibility index (Phi) is 5.34. The maximum atomic E-state index is 12.8. The molecule has 0 spiro atoms. The molecule has 3 aromatic rings. The highest BCUT2D eigenvalue weighted by molar-refractivity contribution is 6.31. The standard InChI is InChI=1S/C20H22ClN5O2/c1-28-18-7-6-15(21)10-17(18)24-20(27)25-9-3-4-14(11-25)12-26-13-23-16-5-2-8-22-19(16)26/h2,5-8,10,13-14H,3-4,9,11-12H2,1H3,(H,24,27)/t14-/m0/s1. The molecule has 2 aromatic heterocycles. The quantitative estimate of drug-likeness (QED) is 0.718. The molecule has 146 valence electrons. The molecule has 0 aliphatic carbocycles. The summed E-state index contributed by atoms with van der Waals surface area (Å²) in [5, 5.41) is 3.48. The number of imidazole rings is 1. The van der Waals surface area contributed by atoms with Gasteiger partial charge in [0.1, 0.15) is 11.3 Å². The number of fused-ring (bicyclic) bond motifs is 1. The number of hydrogen-bond donors (Lipinski definition) is 1. The Balaban J connectivity index is 1.43. The number of urea groups is 1. The zero-order valence-corrected chi connectivity index (χ0v) is 16.4. The van der Waals surface area contributed by atoms with Crippen LogP contribution in [0.3, 0.4) is 0 Å². The van der Waals surface area contributed by atoms with Gasteiger partial charge in [-0.1, -0.05) is 11.6 Å². The minimum absolute atomic E-state index is 0.140. The third-order valence-electron chi connectivity index (χ3n) is 5.04. The van der Waals surface area contributed by atoms with Gasteiger partial charge in [-0.2, -0.15) is 0 Å². The maximum absolute atomic E-state index is 12.8. The van der Waals surface area contributed by atoms with Gasteiger partial charge >= 0.3 is 6.03 Å². The number of halogens is 1. The van der Waals surface area contributed by atoms with Crippen LogP contribution in [-0.4, -0.2) is 45.7 Å². The van der Waals surface area contributed by atoms with E-state index in [1.807, 2.05) is 23.4 Å². The lowest BCUT2D eigenvalue weighted by Crippen LogP contribution is -2.43. The smallest absolute Gasteiger partial charge is 0.321 e. The van der Waals surface area contributed by atoms with Gasteiger partial charge in [0.2, 0.25) is 0 Å². The highest BCUT2D eigenvalue weighted by Gasteiger charge is 2.25. The molecule has 0 radical (unpaired) electrons. The van der Waals surface area contributed by atoms with Crippen LogP contribution in [-0.2, 0) is 6.54 Å². The van der Waals surface area contributed by atoms with Crippen molar-refractivity contribution in [2.45, 2.75) is 19.4 Å². The molecule has 1 saturated heterocycles. The summed E-state index contributed by atoms with van der Waals surface area (Å²) in [5.74, 6) is 0.933. The van der Waals surface area contributed by atoms with Crippen LogP contribution in [0.15, 0.2) is 42.9 Å². The molecule has 0 unspecified atom stereocenters. The molecule has 1 N–H and O–H groups in total. The second-order valence-corrected chi connectivity index (χ2v) is 7.41. The Morgan fingerprint density at radius 3 is 3.11 bits per heavy atom. The maximum Gasteiger partial charge on any atom is 0.321 e. The van der Waals surface area contributed by atoms with Crippen molar-refractivity contribution >= 4 is 34.5 Å². The Labute approximate surface area is 168 Å². The van der Waals surface area contributed by atoms with Crippen LogP contribution < -0.4 is 10.1 Å². The molecule has 3 heterocycles. The molecule has 4 rings (SSSR count). The highest BCUT2D eigenvalue weighted by atomic mass is 35.5. The Morgan fingerprint density at radius 2 is 2.25 bits per heavy atom. The minimum atomic E-state index is -0.140. The number of hydrogen-bond acceptors (Lipinski definition) is 4. The number of pyridine rings is 1. The molecule has 2 amide bonds. The van der Waals surface area contributed by atoms with Gasteiger partial charge in [-0.3, -0.25) is 0 Å². The Hall–Kier alpha value is -2.80. The number of rotatable bonds is 4. The zero-order chi connectivity index (χ0) is 19.5. The fourth-order valence-corrected chi connectivity index (χ4v) is 3.85. The summed E-state index contributed by atoms with van der Waals surface area (Å²) in [7, 11) is 1.57. The van der Waals surface area contributed by atoms with Crippen LogP contribution >= 0.6 is 11.6 Å². The third kappa shape index (κ3) is 3.89. The molecule has 1 fully saturated rings. The van der Waals surface area contributed by atoms with Crippen LogP contribution in [0.5, 0.6) is 5.75 Å². The molecule has 1 aliphatic heterocycles. The van der Waals surface area contributed by atoms with E-state index in [0.29, 0.717) is 28.9 Å². The van der Waals surface area contributed by atoms with Gasteiger partial charge in [0, 0.05) is 30.9 Å². The lowest BCUT2D eigenvalue weighted by atomic mass is 9.98. The molecule has 1 aromatic carbocycles. The summed E-state index contributed by atoms with van der Waals surface area (Å²) in [4.78, 5) is 23.5. The largest absolute Gasteiger partial charge is 0.495 e. The molecule has 28 heavy (non-hydrogen) atoms. The number of methoxy groups -OCH3 is 1. The molecule has 7 nitrogen and oxygen atoms in total. The topological polar surface area (TPSA) is 72.3 Å². The number of ether oxygens (including phenoxy) is 1. The molecule has 1 atom stereocenters. The second kappa shape index (κ2) is 8.06. The lowest BCUT2D eigenvalue weighted by Gasteiger charge is -2.33. The number of anilines is 1. The fourth-order valence-electron chi connectivity index (χ4n) is 3.68. The van der Waals surface area contributed by atoms with Gasteiger partial charge in [0.25, 0.3) is 0 Å². The second-order valence-electron chi connectivity index (χ2n) is 6.97. The van der Waals surface area contributed by atoms with Crippen molar-refractivity contribution < 1.29 is 9.53 Å². The first-order valence-electron chi connectivity index (χ1n) is 9.29. The van der Waals surface area contributed by atoms with Gasteiger partial charge in [-0.05, 0) is 49.1 Å². The molecule has 0 saturated carbocycles. The number of nitrogens with zero attached hydrogens (tertiary/aromatic N) is 4. The van der Waals surface area contributed by atoms with E-state index < -0.39 is 0 Å². The number of likely N-dealkylation sites (tertiary alicyclic amines) is 1. The zero-order valence-electron chi connectivity index (χ0n) is 15.6. The van der Waals surface area contributed by atoms with Gasteiger partial charge in [0.05, 0.1) is 19.1 Å².